The van der Waals surface area contributed by atoms with Crippen molar-refractivity contribution in [3.63, 3.8) is 0 Å². The number of hydrogen-bond donors (Lipinski definition) is 2. The molecule has 4 rings (SSSR count). The molecular weight excluding hydrogens is 500 g/mol. The van der Waals surface area contributed by atoms with Crippen LogP contribution in [0, 0.1) is 0 Å². The molecule has 0 spiro atoms. The van der Waals surface area contributed by atoms with Crippen molar-refractivity contribution in [3.8, 4) is 11.5 Å². The molecule has 1 aromatic heterocycles. The van der Waals surface area contributed by atoms with Crippen molar-refractivity contribution in [3.05, 3.63) is 76.5 Å². The minimum absolute atomic E-state index is 0.0101. The Bertz CT molecular complexity index is 1160. The number of hydrogen-bond acceptors (Lipinski definition) is 7. The fourth-order valence-electron chi connectivity index (χ4n) is 4.80. The molecule has 1 fully saturated rings. The Hall–Kier alpha value is -3.56. The molecule has 202 valence electrons. The molecule has 2 aromatic carbocycles. The van der Waals surface area contributed by atoms with E-state index in [2.05, 4.69) is 44.0 Å². The number of amides is 2. The monoisotopic (exact) mass is 536 g/mol. The van der Waals surface area contributed by atoms with Crippen molar-refractivity contribution in [1.29, 1.82) is 0 Å². The van der Waals surface area contributed by atoms with Crippen LogP contribution in [-0.2, 0) is 16.0 Å². The number of rotatable bonds is 10. The first kappa shape index (κ1) is 27.5. The van der Waals surface area contributed by atoms with Gasteiger partial charge in [-0.1, -0.05) is 18.2 Å². The van der Waals surface area contributed by atoms with Crippen molar-refractivity contribution >= 4 is 28.8 Å². The van der Waals surface area contributed by atoms with Gasteiger partial charge in [0.1, 0.15) is 11.5 Å². The van der Waals surface area contributed by atoms with E-state index in [0.717, 1.165) is 43.2 Å². The number of ether oxygens (including phenoxy) is 2. The van der Waals surface area contributed by atoms with Gasteiger partial charge in [-0.05, 0) is 66.8 Å². The third kappa shape index (κ3) is 7.05. The Balaban J connectivity index is 1.31. The first-order valence-electron chi connectivity index (χ1n) is 12.9. The van der Waals surface area contributed by atoms with Gasteiger partial charge in [0.2, 0.25) is 0 Å². The van der Waals surface area contributed by atoms with E-state index in [9.17, 15) is 9.59 Å². The number of nitrogens with one attached hydrogen (secondary N) is 2. The molecule has 0 aliphatic carbocycles. The smallest absolute Gasteiger partial charge is 0.309 e. The molecule has 0 saturated carbocycles. The molecule has 2 N–H and O–H groups in total. The SMILES string of the molecule is COc1ccc(CCNC(=O)C(=O)NC(C)C(c2cccs2)N2CCN(c3ccc(OC)cc3)CC2)cc1. The predicted octanol–water partition coefficient (Wildman–Crippen LogP) is 3.49. The Morgan fingerprint density at radius 1 is 0.895 bits per heavy atom. The molecule has 1 saturated heterocycles. The van der Waals surface area contributed by atoms with E-state index < -0.39 is 11.8 Å². The quantitative estimate of drug-likeness (QED) is 0.386. The Kier molecular flexibility index (Phi) is 9.62. The van der Waals surface area contributed by atoms with Crippen molar-refractivity contribution < 1.29 is 19.1 Å². The third-order valence-electron chi connectivity index (χ3n) is 6.88. The summed E-state index contributed by atoms with van der Waals surface area (Å²) >= 11 is 1.67. The molecule has 2 unspecified atom stereocenters. The lowest BCUT2D eigenvalue weighted by molar-refractivity contribution is -0.139. The fraction of sp³-hybridized carbons (Fsp3) is 0.379. The van der Waals surface area contributed by atoms with Crippen molar-refractivity contribution in [1.82, 2.24) is 15.5 Å². The zero-order chi connectivity index (χ0) is 26.9. The van der Waals surface area contributed by atoms with Gasteiger partial charge in [0.25, 0.3) is 0 Å². The van der Waals surface area contributed by atoms with Gasteiger partial charge in [0, 0.05) is 49.3 Å². The highest BCUT2D eigenvalue weighted by molar-refractivity contribution is 7.10. The van der Waals surface area contributed by atoms with Gasteiger partial charge < -0.3 is 25.0 Å². The summed E-state index contributed by atoms with van der Waals surface area (Å²) < 4.78 is 10.4. The van der Waals surface area contributed by atoms with Gasteiger partial charge in [-0.15, -0.1) is 11.3 Å². The number of carbonyl (C=O) groups excluding carboxylic acids is 2. The lowest BCUT2D eigenvalue weighted by Crippen LogP contribution is -2.53. The first-order chi connectivity index (χ1) is 18.5. The molecule has 2 amide bonds. The summed E-state index contributed by atoms with van der Waals surface area (Å²) in [6.07, 6.45) is 0.634. The predicted molar refractivity (Wildman–Crippen MR) is 151 cm³/mol. The average Bonchev–Trinajstić information content (AvgIpc) is 3.48. The van der Waals surface area contributed by atoms with Gasteiger partial charge >= 0.3 is 11.8 Å². The number of piperazine rings is 1. The van der Waals surface area contributed by atoms with Crippen LogP contribution in [0.5, 0.6) is 11.5 Å². The second-order valence-corrected chi connectivity index (χ2v) is 10.3. The largest absolute Gasteiger partial charge is 0.497 e. The van der Waals surface area contributed by atoms with Gasteiger partial charge in [-0.25, -0.2) is 0 Å². The van der Waals surface area contributed by atoms with E-state index in [1.165, 1.54) is 10.6 Å². The molecule has 2 atom stereocenters. The highest BCUT2D eigenvalue weighted by Gasteiger charge is 2.32. The van der Waals surface area contributed by atoms with E-state index in [-0.39, 0.29) is 12.1 Å². The molecular formula is C29H36N4O4S. The summed E-state index contributed by atoms with van der Waals surface area (Å²) in [4.78, 5) is 31.2. The molecule has 2 heterocycles. The lowest BCUT2D eigenvalue weighted by atomic mass is 10.0. The van der Waals surface area contributed by atoms with Crippen molar-refractivity contribution in [2.45, 2.75) is 25.4 Å². The van der Waals surface area contributed by atoms with Crippen LogP contribution in [0.25, 0.3) is 0 Å². The third-order valence-corrected chi connectivity index (χ3v) is 7.82. The number of nitrogens with zero attached hydrogens (tertiary/aromatic N) is 2. The van der Waals surface area contributed by atoms with Crippen LogP contribution in [0.2, 0.25) is 0 Å². The summed E-state index contributed by atoms with van der Waals surface area (Å²) in [5.74, 6) is 0.415. The first-order valence-corrected chi connectivity index (χ1v) is 13.7. The minimum Gasteiger partial charge on any atom is -0.497 e. The van der Waals surface area contributed by atoms with Crippen LogP contribution in [0.4, 0.5) is 5.69 Å². The summed E-state index contributed by atoms with van der Waals surface area (Å²) in [6.45, 7) is 5.81. The zero-order valence-corrected chi connectivity index (χ0v) is 23.0. The highest BCUT2D eigenvalue weighted by Crippen LogP contribution is 2.30. The van der Waals surface area contributed by atoms with Crippen LogP contribution in [0.15, 0.2) is 66.0 Å². The summed E-state index contributed by atoms with van der Waals surface area (Å²) in [6, 6.07) is 19.7. The van der Waals surface area contributed by atoms with Crippen LogP contribution < -0.4 is 25.0 Å². The van der Waals surface area contributed by atoms with Crippen molar-refractivity contribution in [2.75, 3.05) is 51.8 Å². The zero-order valence-electron chi connectivity index (χ0n) is 22.2. The van der Waals surface area contributed by atoms with E-state index in [1.807, 2.05) is 49.4 Å². The lowest BCUT2D eigenvalue weighted by Gasteiger charge is -2.42. The molecule has 1 aliphatic rings. The minimum atomic E-state index is -0.611. The number of thiophene rings is 1. The van der Waals surface area contributed by atoms with Gasteiger partial charge in [-0.2, -0.15) is 0 Å². The Labute approximate surface area is 228 Å². The fourth-order valence-corrected chi connectivity index (χ4v) is 5.76. The van der Waals surface area contributed by atoms with E-state index in [0.29, 0.717) is 13.0 Å². The molecule has 0 radical (unpaired) electrons. The standard InChI is InChI=1S/C29H36N4O4S/c1-21(31-29(35)28(34)30-15-14-22-6-10-24(36-2)11-7-22)27(26-5-4-20-38-26)33-18-16-32(17-19-33)23-8-12-25(37-3)13-9-23/h4-13,20-21,27H,14-19H2,1-3H3,(H,30,34)(H,31,35). The van der Waals surface area contributed by atoms with E-state index in [1.54, 1.807) is 25.6 Å². The van der Waals surface area contributed by atoms with E-state index in [4.69, 9.17) is 9.47 Å². The molecule has 8 nitrogen and oxygen atoms in total. The maximum Gasteiger partial charge on any atom is 0.309 e. The van der Waals surface area contributed by atoms with E-state index >= 15 is 0 Å². The van der Waals surface area contributed by atoms with Gasteiger partial charge in [0.15, 0.2) is 0 Å². The number of carbonyl (C=O) groups is 2. The number of anilines is 1. The van der Waals surface area contributed by atoms with Crippen LogP contribution in [0.3, 0.4) is 0 Å². The molecule has 3 aromatic rings. The Morgan fingerprint density at radius 3 is 2.11 bits per heavy atom. The van der Waals surface area contributed by atoms with Crippen LogP contribution in [0.1, 0.15) is 23.4 Å². The highest BCUT2D eigenvalue weighted by atomic mass is 32.1. The molecule has 0 bridgehead atoms. The number of methoxy groups -OCH3 is 2. The second kappa shape index (κ2) is 13.3. The maximum atomic E-state index is 12.8. The molecule has 1 aliphatic heterocycles. The summed E-state index contributed by atoms with van der Waals surface area (Å²) in [5.41, 5.74) is 2.23. The van der Waals surface area contributed by atoms with Crippen molar-refractivity contribution in [2.24, 2.45) is 0 Å². The summed E-state index contributed by atoms with van der Waals surface area (Å²) in [7, 11) is 3.30. The molecule has 38 heavy (non-hydrogen) atoms. The summed E-state index contributed by atoms with van der Waals surface area (Å²) in [5, 5.41) is 7.75. The van der Waals surface area contributed by atoms with Gasteiger partial charge in [0.05, 0.1) is 20.3 Å². The topological polar surface area (TPSA) is 83.1 Å². The van der Waals surface area contributed by atoms with Gasteiger partial charge in [-0.3, -0.25) is 14.5 Å². The van der Waals surface area contributed by atoms with Crippen LogP contribution in [-0.4, -0.2) is 69.7 Å². The Morgan fingerprint density at radius 2 is 1.53 bits per heavy atom. The number of benzene rings is 2. The second-order valence-electron chi connectivity index (χ2n) is 9.30. The van der Waals surface area contributed by atoms with Crippen LogP contribution >= 0.6 is 11.3 Å². The normalized spacial score (nSPS) is 15.4. The molecule has 9 heteroatoms. The maximum absolute atomic E-state index is 12.8. The average molecular weight is 537 g/mol.